The Labute approximate surface area is 191 Å². The zero-order chi connectivity index (χ0) is 23.5. The molecule has 4 rings (SSSR count). The maximum absolute atomic E-state index is 13.4. The molecule has 0 bridgehead atoms. The second-order valence-corrected chi connectivity index (χ2v) is 8.38. The highest BCUT2D eigenvalue weighted by Crippen LogP contribution is 2.34. The molecular formula is C27H26F2N2O2. The predicted molar refractivity (Wildman–Crippen MR) is 126 cm³/mol. The Morgan fingerprint density at radius 1 is 0.970 bits per heavy atom. The minimum absolute atomic E-state index is 0.0846. The van der Waals surface area contributed by atoms with E-state index in [-0.39, 0.29) is 5.92 Å². The van der Waals surface area contributed by atoms with Crippen molar-refractivity contribution in [2.24, 2.45) is 5.73 Å². The average molecular weight is 449 g/mol. The van der Waals surface area contributed by atoms with Gasteiger partial charge < -0.3 is 15.0 Å². The topological polar surface area (TPSA) is 57.3 Å². The maximum atomic E-state index is 13.4. The Morgan fingerprint density at radius 2 is 1.73 bits per heavy atom. The number of fused-ring (bicyclic) bond motifs is 1. The summed E-state index contributed by atoms with van der Waals surface area (Å²) in [4.78, 5) is 12.4. The van der Waals surface area contributed by atoms with Crippen molar-refractivity contribution in [3.05, 3.63) is 101 Å². The summed E-state index contributed by atoms with van der Waals surface area (Å²) in [7, 11) is 0. The summed E-state index contributed by atoms with van der Waals surface area (Å²) in [6, 6.07) is 19.4. The van der Waals surface area contributed by atoms with E-state index in [1.54, 1.807) is 12.1 Å². The van der Waals surface area contributed by atoms with Gasteiger partial charge in [-0.1, -0.05) is 50.2 Å². The van der Waals surface area contributed by atoms with Gasteiger partial charge in [0.2, 0.25) is 0 Å². The summed E-state index contributed by atoms with van der Waals surface area (Å²) in [5.41, 5.74) is 9.83. The molecule has 3 aromatic carbocycles. The number of nitrogens with two attached hydrogens (primary N) is 1. The van der Waals surface area contributed by atoms with Gasteiger partial charge >= 0.3 is 0 Å². The van der Waals surface area contributed by atoms with E-state index in [1.807, 2.05) is 56.3 Å². The number of primary amides is 1. The first-order valence-corrected chi connectivity index (χ1v) is 10.9. The quantitative estimate of drug-likeness (QED) is 0.370. The molecule has 0 saturated heterocycles. The molecule has 0 aliphatic heterocycles. The van der Waals surface area contributed by atoms with E-state index in [4.69, 9.17) is 10.5 Å². The summed E-state index contributed by atoms with van der Waals surface area (Å²) in [6.45, 7) is 4.98. The van der Waals surface area contributed by atoms with E-state index >= 15 is 0 Å². The van der Waals surface area contributed by atoms with Crippen LogP contribution in [0, 0.1) is 11.6 Å². The van der Waals surface area contributed by atoms with Crippen molar-refractivity contribution in [3.63, 3.8) is 0 Å². The Bertz CT molecular complexity index is 1300. The third kappa shape index (κ3) is 4.75. The minimum Gasteiger partial charge on any atom is -0.493 e. The highest BCUT2D eigenvalue weighted by atomic mass is 19.2. The molecule has 6 heteroatoms. The van der Waals surface area contributed by atoms with Gasteiger partial charge in [-0.25, -0.2) is 8.78 Å². The number of carbonyl (C=O) groups excluding carboxylic acids is 1. The van der Waals surface area contributed by atoms with Gasteiger partial charge in [-0.3, -0.25) is 4.79 Å². The first-order chi connectivity index (χ1) is 15.8. The second-order valence-electron chi connectivity index (χ2n) is 8.38. The molecule has 0 saturated carbocycles. The third-order valence-corrected chi connectivity index (χ3v) is 5.70. The van der Waals surface area contributed by atoms with Crippen molar-refractivity contribution in [1.82, 2.24) is 4.57 Å². The molecule has 1 heterocycles. The first kappa shape index (κ1) is 22.5. The number of halogens is 2. The zero-order valence-corrected chi connectivity index (χ0v) is 18.6. The molecule has 170 valence electrons. The number of amides is 1. The lowest BCUT2D eigenvalue weighted by Gasteiger charge is -2.15. The molecule has 2 N–H and O–H groups in total. The van der Waals surface area contributed by atoms with Crippen LogP contribution in [0.2, 0.25) is 0 Å². The Balaban J connectivity index is 1.68. The largest absolute Gasteiger partial charge is 0.493 e. The van der Waals surface area contributed by atoms with Crippen LogP contribution in [-0.4, -0.2) is 17.1 Å². The molecule has 4 aromatic rings. The van der Waals surface area contributed by atoms with Crippen LogP contribution in [0.5, 0.6) is 5.75 Å². The van der Waals surface area contributed by atoms with E-state index < -0.39 is 17.5 Å². The van der Waals surface area contributed by atoms with E-state index in [2.05, 4.69) is 4.57 Å². The number of rotatable bonds is 8. The van der Waals surface area contributed by atoms with E-state index in [0.29, 0.717) is 36.4 Å². The molecule has 0 radical (unpaired) electrons. The number of hydrogen-bond donors (Lipinski definition) is 1. The lowest BCUT2D eigenvalue weighted by Crippen LogP contribution is -2.15. The van der Waals surface area contributed by atoms with Gasteiger partial charge in [0.05, 0.1) is 17.7 Å². The lowest BCUT2D eigenvalue weighted by molar-refractivity contribution is 0.100. The second kappa shape index (κ2) is 9.45. The Kier molecular flexibility index (Phi) is 6.45. The predicted octanol–water partition coefficient (Wildman–Crippen LogP) is 5.81. The molecule has 0 spiro atoms. The molecule has 0 unspecified atom stereocenters. The van der Waals surface area contributed by atoms with Crippen molar-refractivity contribution in [2.75, 3.05) is 6.61 Å². The van der Waals surface area contributed by atoms with E-state index in [1.165, 1.54) is 6.07 Å². The smallest absolute Gasteiger partial charge is 0.251 e. The molecule has 33 heavy (non-hydrogen) atoms. The van der Waals surface area contributed by atoms with Crippen molar-refractivity contribution >= 4 is 16.8 Å². The number of nitrogens with zero attached hydrogens (tertiary/aromatic N) is 1. The summed E-state index contributed by atoms with van der Waals surface area (Å²) in [6.07, 6.45) is 0.435. The van der Waals surface area contributed by atoms with E-state index in [9.17, 15) is 13.6 Å². The summed E-state index contributed by atoms with van der Waals surface area (Å²) in [5.74, 6) is -1.48. The van der Waals surface area contributed by atoms with Crippen LogP contribution < -0.4 is 10.5 Å². The first-order valence-electron chi connectivity index (χ1n) is 10.9. The van der Waals surface area contributed by atoms with Crippen LogP contribution in [0.4, 0.5) is 8.78 Å². The molecule has 0 atom stereocenters. The van der Waals surface area contributed by atoms with Crippen molar-refractivity contribution < 1.29 is 18.3 Å². The number of ether oxygens (including phenoxy) is 1. The molecular weight excluding hydrogens is 422 g/mol. The number of benzene rings is 3. The average Bonchev–Trinajstić information content (AvgIpc) is 3.11. The molecule has 0 aliphatic carbocycles. The third-order valence-electron chi connectivity index (χ3n) is 5.70. The summed E-state index contributed by atoms with van der Waals surface area (Å²) < 4.78 is 34.6. The van der Waals surface area contributed by atoms with Gasteiger partial charge in [-0.05, 0) is 41.3 Å². The number of hydrogen-bond acceptors (Lipinski definition) is 2. The van der Waals surface area contributed by atoms with Crippen LogP contribution in [0.25, 0.3) is 10.9 Å². The van der Waals surface area contributed by atoms with Crippen LogP contribution >= 0.6 is 0 Å². The van der Waals surface area contributed by atoms with Gasteiger partial charge in [0.15, 0.2) is 11.6 Å². The highest BCUT2D eigenvalue weighted by Gasteiger charge is 2.23. The number of carbonyl (C=O) groups is 1. The fourth-order valence-electron chi connectivity index (χ4n) is 4.22. The standard InChI is InChI=1S/C27H26F2N2O2/c1-17(2)26-25(27(30)32)21-10-9-20(33-13-12-18-8-11-22(28)23(29)14-18)15-24(21)31(26)16-19-6-4-3-5-7-19/h3-11,14-15,17H,12-13,16H2,1-2H3,(H2,30,32). The summed E-state index contributed by atoms with van der Waals surface area (Å²) in [5, 5.41) is 0.787. The van der Waals surface area contributed by atoms with Gasteiger partial charge in [-0.2, -0.15) is 0 Å². The fraction of sp³-hybridized carbons (Fsp3) is 0.222. The minimum atomic E-state index is -0.868. The normalized spacial score (nSPS) is 11.3. The monoisotopic (exact) mass is 448 g/mol. The lowest BCUT2D eigenvalue weighted by atomic mass is 10.0. The van der Waals surface area contributed by atoms with Gasteiger partial charge in [0.1, 0.15) is 5.75 Å². The highest BCUT2D eigenvalue weighted by molar-refractivity contribution is 6.08. The van der Waals surface area contributed by atoms with Crippen LogP contribution in [-0.2, 0) is 13.0 Å². The Hall–Kier alpha value is -3.67. The van der Waals surface area contributed by atoms with Crippen LogP contribution in [0.3, 0.4) is 0 Å². The molecule has 1 amide bonds. The molecule has 0 fully saturated rings. The zero-order valence-electron chi connectivity index (χ0n) is 18.6. The molecule has 0 aliphatic rings. The maximum Gasteiger partial charge on any atom is 0.251 e. The van der Waals surface area contributed by atoms with Crippen LogP contribution in [0.15, 0.2) is 66.7 Å². The van der Waals surface area contributed by atoms with Gasteiger partial charge in [0, 0.05) is 30.1 Å². The fourth-order valence-corrected chi connectivity index (χ4v) is 4.22. The number of aromatic nitrogens is 1. The molecule has 4 nitrogen and oxygen atoms in total. The van der Waals surface area contributed by atoms with Crippen molar-refractivity contribution in [2.45, 2.75) is 32.7 Å². The van der Waals surface area contributed by atoms with Gasteiger partial charge in [-0.15, -0.1) is 0 Å². The van der Waals surface area contributed by atoms with Gasteiger partial charge in [0.25, 0.3) is 5.91 Å². The van der Waals surface area contributed by atoms with Crippen molar-refractivity contribution in [3.8, 4) is 5.75 Å². The van der Waals surface area contributed by atoms with Crippen LogP contribution in [0.1, 0.15) is 46.9 Å². The van der Waals surface area contributed by atoms with E-state index in [0.717, 1.165) is 28.2 Å². The van der Waals surface area contributed by atoms with Crippen molar-refractivity contribution in [1.29, 1.82) is 0 Å². The Morgan fingerprint density at radius 3 is 2.39 bits per heavy atom. The molecule has 1 aromatic heterocycles. The summed E-state index contributed by atoms with van der Waals surface area (Å²) >= 11 is 0. The SMILES string of the molecule is CC(C)c1c(C(N)=O)c2ccc(OCCc3ccc(F)c(F)c3)cc2n1Cc1ccccc1.